The first-order chi connectivity index (χ1) is 11.5. The van der Waals surface area contributed by atoms with E-state index in [0.717, 1.165) is 5.56 Å². The summed E-state index contributed by atoms with van der Waals surface area (Å²) < 4.78 is 21.1. The molecule has 0 spiro atoms. The van der Waals surface area contributed by atoms with Gasteiger partial charge in [-0.2, -0.15) is 0 Å². The van der Waals surface area contributed by atoms with E-state index in [-0.39, 0.29) is 6.61 Å². The molecule has 0 N–H and O–H groups in total. The van der Waals surface area contributed by atoms with Gasteiger partial charge in [-0.05, 0) is 43.7 Å². The molecule has 0 aliphatic rings. The molecule has 2 aromatic carbocycles. The Kier molecular flexibility index (Phi) is 6.32. The van der Waals surface area contributed by atoms with E-state index in [2.05, 4.69) is 4.74 Å². The smallest absolute Gasteiger partial charge is 0.493 e. The van der Waals surface area contributed by atoms with Crippen molar-refractivity contribution in [2.45, 2.75) is 20.5 Å². The highest BCUT2D eigenvalue weighted by atomic mass is 35.5. The number of ether oxygens (including phenoxy) is 4. The standard InChI is InChI=1S/C18H19ClO5/c1-4-22-15-6-5-7-16(24-18(20)21-3)13(15)11-23-17-9-8-12(2)10-14(17)19/h5-10H,4,11H2,1-3H3. The van der Waals surface area contributed by atoms with Crippen LogP contribution in [-0.2, 0) is 11.3 Å². The van der Waals surface area contributed by atoms with Gasteiger partial charge in [0.25, 0.3) is 0 Å². The first-order valence-electron chi connectivity index (χ1n) is 7.44. The van der Waals surface area contributed by atoms with Crippen LogP contribution in [-0.4, -0.2) is 19.9 Å². The maximum absolute atomic E-state index is 11.4. The summed E-state index contributed by atoms with van der Waals surface area (Å²) in [6, 6.07) is 10.7. The number of carbonyl (C=O) groups is 1. The summed E-state index contributed by atoms with van der Waals surface area (Å²) in [4.78, 5) is 11.4. The summed E-state index contributed by atoms with van der Waals surface area (Å²) in [5.41, 5.74) is 1.64. The zero-order chi connectivity index (χ0) is 17.5. The second-order valence-corrected chi connectivity index (χ2v) is 5.35. The molecule has 0 aromatic heterocycles. The molecule has 0 heterocycles. The summed E-state index contributed by atoms with van der Waals surface area (Å²) in [5, 5.41) is 0.513. The molecule has 0 unspecified atom stereocenters. The first kappa shape index (κ1) is 17.9. The van der Waals surface area contributed by atoms with Crippen molar-refractivity contribution in [1.29, 1.82) is 0 Å². The zero-order valence-corrected chi connectivity index (χ0v) is 14.6. The van der Waals surface area contributed by atoms with E-state index in [1.54, 1.807) is 24.3 Å². The van der Waals surface area contributed by atoms with Crippen molar-refractivity contribution in [1.82, 2.24) is 0 Å². The Labute approximate surface area is 146 Å². The van der Waals surface area contributed by atoms with Crippen molar-refractivity contribution in [3.8, 4) is 17.2 Å². The van der Waals surface area contributed by atoms with Gasteiger partial charge in [-0.3, -0.25) is 0 Å². The van der Waals surface area contributed by atoms with Gasteiger partial charge in [-0.1, -0.05) is 23.7 Å². The van der Waals surface area contributed by atoms with E-state index in [9.17, 15) is 4.79 Å². The molecule has 0 radical (unpaired) electrons. The Morgan fingerprint density at radius 1 is 1.08 bits per heavy atom. The lowest BCUT2D eigenvalue weighted by molar-refractivity contribution is 0.120. The summed E-state index contributed by atoms with van der Waals surface area (Å²) in [7, 11) is 1.25. The van der Waals surface area contributed by atoms with Gasteiger partial charge in [0.2, 0.25) is 0 Å². The van der Waals surface area contributed by atoms with Crippen LogP contribution in [0, 0.1) is 6.92 Å². The number of aryl methyl sites for hydroxylation is 1. The number of halogens is 1. The Morgan fingerprint density at radius 3 is 2.50 bits per heavy atom. The van der Waals surface area contributed by atoms with E-state index >= 15 is 0 Å². The van der Waals surface area contributed by atoms with Gasteiger partial charge in [0.05, 0.1) is 24.3 Å². The van der Waals surface area contributed by atoms with Crippen molar-refractivity contribution in [3.05, 3.63) is 52.5 Å². The van der Waals surface area contributed by atoms with Crippen LogP contribution in [0.4, 0.5) is 4.79 Å². The Hall–Kier alpha value is -2.40. The summed E-state index contributed by atoms with van der Waals surface area (Å²) >= 11 is 6.18. The van der Waals surface area contributed by atoms with Crippen LogP contribution in [0.25, 0.3) is 0 Å². The van der Waals surface area contributed by atoms with Crippen LogP contribution in [0.1, 0.15) is 18.1 Å². The van der Waals surface area contributed by atoms with Gasteiger partial charge < -0.3 is 18.9 Å². The minimum absolute atomic E-state index is 0.130. The van der Waals surface area contributed by atoms with Crippen LogP contribution < -0.4 is 14.2 Å². The van der Waals surface area contributed by atoms with Crippen LogP contribution in [0.2, 0.25) is 5.02 Å². The molecule has 0 aliphatic carbocycles. The second kappa shape index (κ2) is 8.45. The SMILES string of the molecule is CCOc1cccc(OC(=O)OC)c1COc1ccc(C)cc1Cl. The predicted octanol–water partition coefficient (Wildman–Crippen LogP) is 4.77. The number of hydrogen-bond acceptors (Lipinski definition) is 5. The quantitative estimate of drug-likeness (QED) is 0.554. The fourth-order valence-electron chi connectivity index (χ4n) is 2.08. The Morgan fingerprint density at radius 2 is 1.83 bits per heavy atom. The third-order valence-electron chi connectivity index (χ3n) is 3.21. The van der Waals surface area contributed by atoms with Crippen molar-refractivity contribution in [2.75, 3.05) is 13.7 Å². The average Bonchev–Trinajstić information content (AvgIpc) is 2.56. The lowest BCUT2D eigenvalue weighted by Crippen LogP contribution is -2.11. The molecular weight excluding hydrogens is 332 g/mol. The highest BCUT2D eigenvalue weighted by molar-refractivity contribution is 6.32. The lowest BCUT2D eigenvalue weighted by atomic mass is 10.2. The molecule has 2 rings (SSSR count). The molecule has 6 heteroatoms. The molecule has 2 aromatic rings. The van der Waals surface area contributed by atoms with E-state index in [4.69, 9.17) is 25.8 Å². The molecule has 0 amide bonds. The van der Waals surface area contributed by atoms with Gasteiger partial charge in [-0.25, -0.2) is 4.79 Å². The number of methoxy groups -OCH3 is 1. The highest BCUT2D eigenvalue weighted by Gasteiger charge is 2.16. The molecular formula is C18H19ClO5. The molecule has 24 heavy (non-hydrogen) atoms. The molecule has 0 saturated carbocycles. The summed E-state index contributed by atoms with van der Waals surface area (Å²) in [6.45, 7) is 4.42. The third kappa shape index (κ3) is 4.55. The van der Waals surface area contributed by atoms with Crippen molar-refractivity contribution in [3.63, 3.8) is 0 Å². The minimum Gasteiger partial charge on any atom is -0.493 e. The number of rotatable bonds is 6. The maximum atomic E-state index is 11.4. The van der Waals surface area contributed by atoms with Crippen LogP contribution >= 0.6 is 11.6 Å². The number of benzene rings is 2. The highest BCUT2D eigenvalue weighted by Crippen LogP contribution is 2.32. The van der Waals surface area contributed by atoms with Gasteiger partial charge in [0.1, 0.15) is 23.9 Å². The molecule has 0 saturated heterocycles. The predicted molar refractivity (Wildman–Crippen MR) is 91.2 cm³/mol. The van der Waals surface area contributed by atoms with Crippen LogP contribution in [0.5, 0.6) is 17.2 Å². The zero-order valence-electron chi connectivity index (χ0n) is 13.8. The number of hydrogen-bond donors (Lipinski definition) is 0. The van der Waals surface area contributed by atoms with Crippen molar-refractivity contribution >= 4 is 17.8 Å². The van der Waals surface area contributed by atoms with E-state index in [1.165, 1.54) is 7.11 Å². The normalized spacial score (nSPS) is 10.2. The Bertz CT molecular complexity index is 715. The van der Waals surface area contributed by atoms with Crippen LogP contribution in [0.3, 0.4) is 0 Å². The molecule has 0 atom stereocenters. The minimum atomic E-state index is -0.807. The molecule has 128 valence electrons. The Balaban J connectivity index is 2.26. The van der Waals surface area contributed by atoms with Crippen molar-refractivity contribution < 1.29 is 23.7 Å². The number of carbonyl (C=O) groups excluding carboxylic acids is 1. The van der Waals surface area contributed by atoms with E-state index < -0.39 is 6.16 Å². The topological polar surface area (TPSA) is 54.0 Å². The molecule has 0 bridgehead atoms. The summed E-state index contributed by atoms with van der Waals surface area (Å²) in [6.07, 6.45) is -0.807. The van der Waals surface area contributed by atoms with Gasteiger partial charge in [0, 0.05) is 0 Å². The fourth-order valence-corrected chi connectivity index (χ4v) is 2.37. The van der Waals surface area contributed by atoms with Gasteiger partial charge >= 0.3 is 6.16 Å². The average molecular weight is 351 g/mol. The maximum Gasteiger partial charge on any atom is 0.513 e. The van der Waals surface area contributed by atoms with Gasteiger partial charge in [0.15, 0.2) is 0 Å². The van der Waals surface area contributed by atoms with Gasteiger partial charge in [-0.15, -0.1) is 0 Å². The monoisotopic (exact) mass is 350 g/mol. The van der Waals surface area contributed by atoms with E-state index in [1.807, 2.05) is 26.0 Å². The molecule has 0 fully saturated rings. The lowest BCUT2D eigenvalue weighted by Gasteiger charge is -2.15. The molecule has 5 nitrogen and oxygen atoms in total. The van der Waals surface area contributed by atoms with Crippen LogP contribution in [0.15, 0.2) is 36.4 Å². The largest absolute Gasteiger partial charge is 0.513 e. The summed E-state index contributed by atoms with van der Waals surface area (Å²) in [5.74, 6) is 1.43. The first-order valence-corrected chi connectivity index (χ1v) is 7.82. The molecule has 0 aliphatic heterocycles. The van der Waals surface area contributed by atoms with Crippen molar-refractivity contribution in [2.24, 2.45) is 0 Å². The second-order valence-electron chi connectivity index (χ2n) is 4.94. The van der Waals surface area contributed by atoms with E-state index in [0.29, 0.717) is 34.4 Å². The fraction of sp³-hybridized carbons (Fsp3) is 0.278. The third-order valence-corrected chi connectivity index (χ3v) is 3.50.